The Morgan fingerprint density at radius 3 is 1.84 bits per heavy atom. The summed E-state index contributed by atoms with van der Waals surface area (Å²) in [6.07, 6.45) is 1.89. The molecule has 0 radical (unpaired) electrons. The second kappa shape index (κ2) is 17.1. The molecule has 8 rings (SSSR count). The fourth-order valence-corrected chi connectivity index (χ4v) is 8.18. The van der Waals surface area contributed by atoms with E-state index in [1.165, 1.54) is 22.3 Å². The molecule has 0 saturated heterocycles. The fraction of sp³-hybridized carbons (Fsp3) is 0.250. The molecule has 1 N–H and O–H groups in total. The third-order valence-electron chi connectivity index (χ3n) is 11.7. The van der Waals surface area contributed by atoms with Crippen LogP contribution in [0.25, 0.3) is 72.7 Å². The van der Waals surface area contributed by atoms with Gasteiger partial charge in [0.25, 0.3) is 0 Å². The van der Waals surface area contributed by atoms with Crippen LogP contribution in [0.1, 0.15) is 103 Å². The third kappa shape index (κ3) is 8.66. The van der Waals surface area contributed by atoms with E-state index < -0.39 is 0 Å². The molecule has 0 fully saturated rings. The summed E-state index contributed by atoms with van der Waals surface area (Å²) in [5, 5.41) is 12.3. The molecule has 5 heteroatoms. The summed E-state index contributed by atoms with van der Waals surface area (Å²) in [6.45, 7) is 22.3. The van der Waals surface area contributed by atoms with Gasteiger partial charge in [0.05, 0.1) is 22.3 Å². The first-order chi connectivity index (χ1) is 28.6. The number of fused-ring (bicyclic) bond motifs is 1. The van der Waals surface area contributed by atoms with Gasteiger partial charge in [-0.15, -0.1) is 29.3 Å². The Bertz CT molecular complexity index is 2840. The molecule has 8 aromatic rings. The number of para-hydroxylation sites is 1. The zero-order valence-electron chi connectivity index (χ0n) is 37.0. The number of nitrogens with zero attached hydrogens (tertiary/aromatic N) is 3. The minimum Gasteiger partial charge on any atom is -0.507 e. The van der Waals surface area contributed by atoms with E-state index in [2.05, 4.69) is 207 Å². The van der Waals surface area contributed by atoms with Crippen molar-refractivity contribution in [3.8, 4) is 67.5 Å². The number of aromatic nitrogens is 3. The number of aromatic hydroxyl groups is 1. The van der Waals surface area contributed by atoms with Gasteiger partial charge in [0.1, 0.15) is 11.6 Å². The van der Waals surface area contributed by atoms with Gasteiger partial charge in [0.15, 0.2) is 0 Å². The average molecular weight is 982 g/mol. The molecular formula is C56H56N3OPt-. The zero-order chi connectivity index (χ0) is 42.5. The molecule has 2 aromatic heterocycles. The maximum atomic E-state index is 12.3. The molecule has 6 aromatic carbocycles. The topological polar surface area (TPSA) is 50.9 Å². The Kier molecular flexibility index (Phi) is 12.2. The summed E-state index contributed by atoms with van der Waals surface area (Å²) in [5.74, 6) is 1.36. The summed E-state index contributed by atoms with van der Waals surface area (Å²) in [6, 6.07) is 51.1. The second-order valence-electron chi connectivity index (χ2n) is 18.8. The predicted molar refractivity (Wildman–Crippen MR) is 252 cm³/mol. The summed E-state index contributed by atoms with van der Waals surface area (Å²) in [7, 11) is 0. The van der Waals surface area contributed by atoms with Crippen molar-refractivity contribution in [3.05, 3.63) is 168 Å². The van der Waals surface area contributed by atoms with Crippen molar-refractivity contribution >= 4 is 11.0 Å². The maximum Gasteiger partial charge on any atom is 0.148 e. The Labute approximate surface area is 377 Å². The van der Waals surface area contributed by atoms with Gasteiger partial charge in [-0.1, -0.05) is 171 Å². The molecule has 0 saturated carbocycles. The van der Waals surface area contributed by atoms with Crippen molar-refractivity contribution in [1.29, 1.82) is 0 Å². The largest absolute Gasteiger partial charge is 0.507 e. The number of phenols is 1. The van der Waals surface area contributed by atoms with Crippen LogP contribution in [-0.4, -0.2) is 19.6 Å². The molecule has 0 aliphatic carbocycles. The quantitative estimate of drug-likeness (QED) is 0.154. The minimum atomic E-state index is -0.221. The van der Waals surface area contributed by atoms with E-state index in [1.807, 2.05) is 12.3 Å². The van der Waals surface area contributed by atoms with Gasteiger partial charge in [-0.25, -0.2) is 4.98 Å². The van der Waals surface area contributed by atoms with E-state index in [-0.39, 0.29) is 49.5 Å². The van der Waals surface area contributed by atoms with Crippen LogP contribution >= 0.6 is 0 Å². The Hall–Kier alpha value is -5.57. The van der Waals surface area contributed by atoms with Crippen LogP contribution in [0.4, 0.5) is 0 Å². The van der Waals surface area contributed by atoms with Crippen molar-refractivity contribution < 1.29 is 26.2 Å². The van der Waals surface area contributed by atoms with E-state index in [0.717, 1.165) is 66.9 Å². The predicted octanol–water partition coefficient (Wildman–Crippen LogP) is 15.1. The SMILES string of the molecule is CC(C)c1cc(-c2nc3c(-c4[c-]c(-c5cc(-c6ccccc6)ccn5)cc(C(C)(C)C)c4)cccc3n2-c2ccc(-c3ccccc3)cc2C(C)(C)C)c(O)c(C(C)C)c1.[Pt]. The molecular weight excluding hydrogens is 926 g/mol. The summed E-state index contributed by atoms with van der Waals surface area (Å²) in [4.78, 5) is 10.5. The number of pyridine rings is 1. The molecule has 0 bridgehead atoms. The molecule has 2 heterocycles. The van der Waals surface area contributed by atoms with Gasteiger partial charge < -0.3 is 5.11 Å². The molecule has 0 spiro atoms. The second-order valence-corrected chi connectivity index (χ2v) is 18.8. The smallest absolute Gasteiger partial charge is 0.148 e. The van der Waals surface area contributed by atoms with Crippen molar-refractivity contribution in [2.45, 2.75) is 91.9 Å². The Morgan fingerprint density at radius 2 is 1.23 bits per heavy atom. The Morgan fingerprint density at radius 1 is 0.590 bits per heavy atom. The maximum absolute atomic E-state index is 12.3. The number of phenolic OH excluding ortho intramolecular Hbond substituents is 1. The van der Waals surface area contributed by atoms with Crippen molar-refractivity contribution in [2.75, 3.05) is 0 Å². The first-order valence-electron chi connectivity index (χ1n) is 21.3. The van der Waals surface area contributed by atoms with E-state index in [4.69, 9.17) is 9.97 Å². The van der Waals surface area contributed by atoms with Crippen LogP contribution in [0, 0.1) is 6.07 Å². The van der Waals surface area contributed by atoms with Crippen LogP contribution in [0.15, 0.2) is 140 Å². The molecule has 0 aliphatic heterocycles. The number of hydrogen-bond acceptors (Lipinski definition) is 3. The average Bonchev–Trinajstić information content (AvgIpc) is 3.62. The zero-order valence-corrected chi connectivity index (χ0v) is 39.3. The van der Waals surface area contributed by atoms with Crippen molar-refractivity contribution in [1.82, 2.24) is 14.5 Å². The first kappa shape index (κ1) is 43.5. The normalized spacial score (nSPS) is 12.0. The minimum absolute atomic E-state index is 0. The first-order valence-corrected chi connectivity index (χ1v) is 21.3. The fourth-order valence-electron chi connectivity index (χ4n) is 8.18. The third-order valence-corrected chi connectivity index (χ3v) is 11.7. The standard InChI is InChI=1S/C56H56N3O.Pt/c1-35(2)41-31-46(36(3)4)53(60)47(32-41)54-58-52-45(22-17-23-51(52)59(54)50-25-24-39(33-48(50)56(8,9)10)37-18-13-11-14-19-37)42-28-43(30-44(29-42)55(5,6)7)49-34-40(26-27-57-49)38-20-15-12-16-21-38;/h11-27,29-36,60H,1-10H3;/q-1;. The van der Waals surface area contributed by atoms with Crippen LogP contribution < -0.4 is 0 Å². The number of hydrogen-bond donors (Lipinski definition) is 1. The van der Waals surface area contributed by atoms with Gasteiger partial charge in [0, 0.05) is 33.0 Å². The molecule has 0 amide bonds. The van der Waals surface area contributed by atoms with Crippen molar-refractivity contribution in [3.63, 3.8) is 0 Å². The summed E-state index contributed by atoms with van der Waals surface area (Å²) < 4.78 is 2.29. The number of rotatable bonds is 8. The molecule has 312 valence electrons. The van der Waals surface area contributed by atoms with Crippen LogP contribution in [0.2, 0.25) is 0 Å². The van der Waals surface area contributed by atoms with Gasteiger partial charge in [-0.3, -0.25) is 9.55 Å². The summed E-state index contributed by atoms with van der Waals surface area (Å²) >= 11 is 0. The molecule has 4 nitrogen and oxygen atoms in total. The van der Waals surface area contributed by atoms with Gasteiger partial charge in [-0.2, -0.15) is 0 Å². The van der Waals surface area contributed by atoms with Crippen molar-refractivity contribution in [2.24, 2.45) is 0 Å². The molecule has 0 unspecified atom stereocenters. The van der Waals surface area contributed by atoms with Gasteiger partial charge >= 0.3 is 0 Å². The monoisotopic (exact) mass is 981 g/mol. The number of imidazole rings is 1. The van der Waals surface area contributed by atoms with E-state index in [1.54, 1.807) is 0 Å². The number of benzene rings is 6. The Balaban J connectivity index is 0.00000561. The van der Waals surface area contributed by atoms with E-state index in [0.29, 0.717) is 5.82 Å². The summed E-state index contributed by atoms with van der Waals surface area (Å²) in [5.41, 5.74) is 16.0. The van der Waals surface area contributed by atoms with Crippen LogP contribution in [0.5, 0.6) is 5.75 Å². The van der Waals surface area contributed by atoms with Gasteiger partial charge in [0.2, 0.25) is 0 Å². The van der Waals surface area contributed by atoms with E-state index in [9.17, 15) is 5.11 Å². The van der Waals surface area contributed by atoms with E-state index >= 15 is 0 Å². The van der Waals surface area contributed by atoms with Crippen LogP contribution in [-0.2, 0) is 31.9 Å². The molecule has 0 atom stereocenters. The van der Waals surface area contributed by atoms with Crippen LogP contribution in [0.3, 0.4) is 0 Å². The van der Waals surface area contributed by atoms with Gasteiger partial charge in [-0.05, 0) is 91.9 Å². The molecule has 0 aliphatic rings. The molecule has 61 heavy (non-hydrogen) atoms.